The quantitative estimate of drug-likeness (QED) is 0.581. The fourth-order valence-corrected chi connectivity index (χ4v) is 5.84. The number of nitrogens with zero attached hydrogens (tertiary/aromatic N) is 2. The van der Waals surface area contributed by atoms with Crippen molar-refractivity contribution in [1.82, 2.24) is 9.47 Å². The van der Waals surface area contributed by atoms with Crippen molar-refractivity contribution in [3.05, 3.63) is 65.3 Å². The summed E-state index contributed by atoms with van der Waals surface area (Å²) in [6.07, 6.45) is 3.77. The number of fused-ring (bicyclic) bond motifs is 1. The number of carbonyl (C=O) groups is 1. The highest BCUT2D eigenvalue weighted by Crippen LogP contribution is 2.29. The Labute approximate surface area is 182 Å². The van der Waals surface area contributed by atoms with E-state index in [-0.39, 0.29) is 23.1 Å². The van der Waals surface area contributed by atoms with E-state index in [1.807, 2.05) is 23.1 Å². The van der Waals surface area contributed by atoms with Gasteiger partial charge in [-0.15, -0.1) is 0 Å². The minimum Gasteiger partial charge on any atom is -0.341 e. The van der Waals surface area contributed by atoms with Crippen LogP contribution in [-0.4, -0.2) is 36.9 Å². The fraction of sp³-hybridized carbons (Fsp3) is 0.348. The molecule has 1 saturated heterocycles. The van der Waals surface area contributed by atoms with Crippen molar-refractivity contribution in [2.75, 3.05) is 13.1 Å². The first-order valence-corrected chi connectivity index (χ1v) is 12.2. The molecule has 1 unspecified atom stereocenters. The molecule has 1 amide bonds. The summed E-state index contributed by atoms with van der Waals surface area (Å²) in [5, 5.41) is 1.21. The van der Waals surface area contributed by atoms with Crippen LogP contribution in [-0.2, 0) is 26.9 Å². The Morgan fingerprint density at radius 3 is 2.60 bits per heavy atom. The summed E-state index contributed by atoms with van der Waals surface area (Å²) in [6, 6.07) is 14.2. The van der Waals surface area contributed by atoms with E-state index in [0.29, 0.717) is 21.9 Å². The Morgan fingerprint density at radius 1 is 1.13 bits per heavy atom. The molecule has 1 fully saturated rings. The van der Waals surface area contributed by atoms with Gasteiger partial charge in [0, 0.05) is 35.2 Å². The highest BCUT2D eigenvalue weighted by Gasteiger charge is 2.25. The van der Waals surface area contributed by atoms with Crippen LogP contribution in [0.3, 0.4) is 0 Å². The third kappa shape index (κ3) is 4.40. The summed E-state index contributed by atoms with van der Waals surface area (Å²) >= 11 is 5.91. The number of aromatic nitrogens is 1. The van der Waals surface area contributed by atoms with Gasteiger partial charge < -0.3 is 9.47 Å². The number of sulfone groups is 1. The van der Waals surface area contributed by atoms with Crippen LogP contribution in [0.2, 0.25) is 5.02 Å². The average Bonchev–Trinajstić information content (AvgIpc) is 3.09. The fourth-order valence-electron chi connectivity index (χ4n) is 4.13. The zero-order chi connectivity index (χ0) is 21.3. The second-order valence-corrected chi connectivity index (χ2v) is 10.5. The minimum atomic E-state index is -3.59. The van der Waals surface area contributed by atoms with E-state index in [2.05, 4.69) is 6.92 Å². The van der Waals surface area contributed by atoms with Crippen LogP contribution in [0.4, 0.5) is 0 Å². The third-order valence-electron chi connectivity index (χ3n) is 5.67. The number of para-hydroxylation sites is 1. The number of amides is 1. The Balaban J connectivity index is 1.65. The topological polar surface area (TPSA) is 59.4 Å². The molecule has 1 atom stereocenters. The monoisotopic (exact) mass is 444 g/mol. The summed E-state index contributed by atoms with van der Waals surface area (Å²) in [5.74, 6) is 0.416. The lowest BCUT2D eigenvalue weighted by molar-refractivity contribution is -0.133. The van der Waals surface area contributed by atoms with Gasteiger partial charge in [-0.1, -0.05) is 48.9 Å². The molecule has 158 valence electrons. The summed E-state index contributed by atoms with van der Waals surface area (Å²) in [5.41, 5.74) is 1.43. The molecule has 7 heteroatoms. The van der Waals surface area contributed by atoms with E-state index in [4.69, 9.17) is 11.6 Å². The molecule has 30 heavy (non-hydrogen) atoms. The van der Waals surface area contributed by atoms with E-state index in [1.54, 1.807) is 41.1 Å². The first kappa shape index (κ1) is 20.9. The van der Waals surface area contributed by atoms with Gasteiger partial charge in [0.15, 0.2) is 9.84 Å². The molecule has 0 N–H and O–H groups in total. The molecule has 4 rings (SSSR count). The number of halogens is 1. The molecule has 0 aliphatic carbocycles. The Kier molecular flexibility index (Phi) is 5.89. The normalized spacial score (nSPS) is 17.4. The van der Waals surface area contributed by atoms with Crippen LogP contribution in [0.5, 0.6) is 0 Å². The van der Waals surface area contributed by atoms with Gasteiger partial charge in [-0.2, -0.15) is 0 Å². The maximum Gasteiger partial charge on any atom is 0.242 e. The van der Waals surface area contributed by atoms with E-state index >= 15 is 0 Å². The van der Waals surface area contributed by atoms with Crippen molar-refractivity contribution in [1.29, 1.82) is 0 Å². The van der Waals surface area contributed by atoms with Crippen molar-refractivity contribution in [3.8, 4) is 0 Å². The molecule has 0 radical (unpaired) electrons. The van der Waals surface area contributed by atoms with Crippen LogP contribution in [0.1, 0.15) is 25.3 Å². The Morgan fingerprint density at radius 2 is 1.87 bits per heavy atom. The van der Waals surface area contributed by atoms with Crippen LogP contribution in [0, 0.1) is 5.92 Å². The molecule has 0 bridgehead atoms. The zero-order valence-electron chi connectivity index (χ0n) is 16.9. The summed E-state index contributed by atoms with van der Waals surface area (Å²) in [7, 11) is -3.59. The molecular formula is C23H25ClN2O3S. The number of hydrogen-bond acceptors (Lipinski definition) is 3. The van der Waals surface area contributed by atoms with Crippen molar-refractivity contribution in [3.63, 3.8) is 0 Å². The van der Waals surface area contributed by atoms with Gasteiger partial charge in [-0.3, -0.25) is 4.79 Å². The lowest BCUT2D eigenvalue weighted by atomic mass is 10.0. The molecule has 1 aliphatic heterocycles. The predicted molar refractivity (Wildman–Crippen MR) is 119 cm³/mol. The van der Waals surface area contributed by atoms with Crippen molar-refractivity contribution in [2.45, 2.75) is 37.0 Å². The predicted octanol–water partition coefficient (Wildman–Crippen LogP) is 4.53. The van der Waals surface area contributed by atoms with Crippen LogP contribution in [0.15, 0.2) is 59.6 Å². The zero-order valence-corrected chi connectivity index (χ0v) is 18.5. The lowest BCUT2D eigenvalue weighted by Crippen LogP contribution is -2.40. The SMILES string of the molecule is CC1CCCN(C(=O)Cn2cc(S(=O)(=O)Cc3ccc(Cl)cc3)c3ccccc32)C1. The largest absolute Gasteiger partial charge is 0.341 e. The molecule has 0 saturated carbocycles. The first-order valence-electron chi connectivity index (χ1n) is 10.2. The molecule has 1 aliphatic rings. The van der Waals surface area contributed by atoms with Gasteiger partial charge >= 0.3 is 0 Å². The Bertz CT molecular complexity index is 1170. The first-order chi connectivity index (χ1) is 14.3. The van der Waals surface area contributed by atoms with Gasteiger partial charge in [0.2, 0.25) is 5.91 Å². The van der Waals surface area contributed by atoms with E-state index in [0.717, 1.165) is 31.4 Å². The Hall–Kier alpha value is -2.31. The second kappa shape index (κ2) is 8.44. The standard InChI is InChI=1S/C23H25ClN2O3S/c1-17-5-4-12-25(13-17)23(27)15-26-14-22(20-6-2-3-7-21(20)26)30(28,29)16-18-8-10-19(24)11-9-18/h2-3,6-11,14,17H,4-5,12-13,15-16H2,1H3. The molecule has 2 heterocycles. The number of benzene rings is 2. The highest BCUT2D eigenvalue weighted by atomic mass is 35.5. The van der Waals surface area contributed by atoms with E-state index < -0.39 is 9.84 Å². The smallest absolute Gasteiger partial charge is 0.242 e. The van der Waals surface area contributed by atoms with Gasteiger partial charge in [0.25, 0.3) is 0 Å². The molecule has 1 aromatic heterocycles. The van der Waals surface area contributed by atoms with Crippen LogP contribution < -0.4 is 0 Å². The maximum atomic E-state index is 13.2. The molecule has 3 aromatic rings. The molecular weight excluding hydrogens is 420 g/mol. The summed E-state index contributed by atoms with van der Waals surface area (Å²) < 4.78 is 28.2. The third-order valence-corrected chi connectivity index (χ3v) is 7.63. The van der Waals surface area contributed by atoms with Crippen molar-refractivity contribution in [2.24, 2.45) is 5.92 Å². The highest BCUT2D eigenvalue weighted by molar-refractivity contribution is 7.90. The van der Waals surface area contributed by atoms with Gasteiger partial charge in [0.1, 0.15) is 6.54 Å². The number of rotatable bonds is 5. The van der Waals surface area contributed by atoms with Crippen LogP contribution in [0.25, 0.3) is 10.9 Å². The molecule has 5 nitrogen and oxygen atoms in total. The number of carbonyl (C=O) groups excluding carboxylic acids is 1. The number of likely N-dealkylation sites (tertiary alicyclic amines) is 1. The van der Waals surface area contributed by atoms with E-state index in [1.165, 1.54) is 0 Å². The summed E-state index contributed by atoms with van der Waals surface area (Å²) in [6.45, 7) is 3.83. The van der Waals surface area contributed by atoms with Gasteiger partial charge in [-0.05, 0) is 42.5 Å². The number of piperidine rings is 1. The second-order valence-electron chi connectivity index (χ2n) is 8.11. The number of hydrogen-bond donors (Lipinski definition) is 0. The average molecular weight is 445 g/mol. The van der Waals surface area contributed by atoms with Gasteiger partial charge in [0.05, 0.1) is 10.6 Å². The molecule has 0 spiro atoms. The van der Waals surface area contributed by atoms with Gasteiger partial charge in [-0.25, -0.2) is 8.42 Å². The molecule has 2 aromatic carbocycles. The van der Waals surface area contributed by atoms with Crippen molar-refractivity contribution >= 4 is 38.2 Å². The maximum absolute atomic E-state index is 13.2. The van der Waals surface area contributed by atoms with E-state index in [9.17, 15) is 13.2 Å². The summed E-state index contributed by atoms with van der Waals surface area (Å²) in [4.78, 5) is 15.0. The van der Waals surface area contributed by atoms with Crippen molar-refractivity contribution < 1.29 is 13.2 Å². The lowest BCUT2D eigenvalue weighted by Gasteiger charge is -2.31. The van der Waals surface area contributed by atoms with Crippen LogP contribution >= 0.6 is 11.6 Å². The minimum absolute atomic E-state index is 0.0314.